The topological polar surface area (TPSA) is 25.8 Å². The third kappa shape index (κ3) is 2.16. The van der Waals surface area contributed by atoms with Gasteiger partial charge in [-0.2, -0.15) is 0 Å². The van der Waals surface area contributed by atoms with E-state index in [0.29, 0.717) is 0 Å². The van der Waals surface area contributed by atoms with Crippen molar-refractivity contribution in [3.8, 4) is 22.5 Å². The molecule has 3 aliphatic rings. The van der Waals surface area contributed by atoms with Gasteiger partial charge in [0.2, 0.25) is 0 Å². The third-order valence-electron chi connectivity index (χ3n) is 9.09. The van der Waals surface area contributed by atoms with Crippen molar-refractivity contribution >= 4 is 43.2 Å². The molecular formula is C35H20N2. The zero-order valence-electron chi connectivity index (χ0n) is 20.1. The number of para-hydroxylation sites is 1. The molecule has 0 fully saturated rings. The maximum atomic E-state index is 5.05. The lowest BCUT2D eigenvalue weighted by atomic mass is 9.90. The summed E-state index contributed by atoms with van der Waals surface area (Å²) in [7, 11) is 0. The summed E-state index contributed by atoms with van der Waals surface area (Å²) in [6.45, 7) is 0. The molecule has 0 saturated carbocycles. The Bertz CT molecular complexity index is 2210. The van der Waals surface area contributed by atoms with E-state index in [4.69, 9.17) is 9.97 Å². The molecule has 0 spiro atoms. The van der Waals surface area contributed by atoms with Gasteiger partial charge in [0.1, 0.15) is 0 Å². The third-order valence-corrected chi connectivity index (χ3v) is 9.09. The number of fused-ring (bicyclic) bond motifs is 1. The standard InChI is InChI=1S/C35H20N2/c1-2-6-18(7-3-1)24-14-23-15-26-27(35-36-17-21-8-4-5-9-28(21)37-35)16-22-12-19-10-11-20-13-25(24)33-30(20)29(19)31(22)34(26)32(23)33/h1-11,14,16-17H,12-13,15H2. The number of rotatable bonds is 2. The number of hydrogen-bond acceptors (Lipinski definition) is 2. The lowest BCUT2D eigenvalue weighted by molar-refractivity contribution is 1.18. The largest absolute Gasteiger partial charge is 0.236 e. The maximum absolute atomic E-state index is 5.05. The Hall–Kier alpha value is -4.56. The minimum atomic E-state index is 0.850. The SMILES string of the molecule is c1ccc(-c2cc3c4c5c2Cc2ccc6c(c25)c2c(cc(-c5ncc7ccccc7n5)c(c24)C3)C6)cc1. The minimum absolute atomic E-state index is 0.850. The first kappa shape index (κ1) is 18.7. The summed E-state index contributed by atoms with van der Waals surface area (Å²) in [6.07, 6.45) is 4.94. The summed E-state index contributed by atoms with van der Waals surface area (Å²) in [5.74, 6) is 0.850. The minimum Gasteiger partial charge on any atom is -0.236 e. The van der Waals surface area contributed by atoms with Crippen molar-refractivity contribution in [3.05, 3.63) is 118 Å². The number of hydrogen-bond donors (Lipinski definition) is 0. The molecule has 170 valence electrons. The molecule has 0 amide bonds. The first-order chi connectivity index (χ1) is 18.3. The van der Waals surface area contributed by atoms with Gasteiger partial charge in [0.05, 0.1) is 5.52 Å². The van der Waals surface area contributed by atoms with Crippen molar-refractivity contribution in [2.45, 2.75) is 19.3 Å². The molecule has 1 aromatic heterocycles. The van der Waals surface area contributed by atoms with Crippen LogP contribution in [0.3, 0.4) is 0 Å². The first-order valence-corrected chi connectivity index (χ1v) is 13.1. The number of nitrogens with zero attached hydrogens (tertiary/aromatic N) is 2. The molecule has 2 nitrogen and oxygen atoms in total. The smallest absolute Gasteiger partial charge is 0.160 e. The molecule has 1 heterocycles. The van der Waals surface area contributed by atoms with Gasteiger partial charge in [0.15, 0.2) is 5.82 Å². The fourth-order valence-corrected chi connectivity index (χ4v) is 7.65. The molecule has 0 saturated heterocycles. The summed E-state index contributed by atoms with van der Waals surface area (Å²) in [4.78, 5) is 9.94. The zero-order valence-corrected chi connectivity index (χ0v) is 20.1. The van der Waals surface area contributed by atoms with Crippen LogP contribution in [0.4, 0.5) is 0 Å². The Morgan fingerprint density at radius 1 is 0.514 bits per heavy atom. The normalized spacial score (nSPS) is 14.2. The molecule has 0 aliphatic heterocycles. The van der Waals surface area contributed by atoms with Crippen molar-refractivity contribution in [1.82, 2.24) is 9.97 Å². The fourth-order valence-electron chi connectivity index (χ4n) is 7.65. The van der Waals surface area contributed by atoms with Crippen molar-refractivity contribution in [2.75, 3.05) is 0 Å². The number of aromatic nitrogens is 2. The van der Waals surface area contributed by atoms with Crippen LogP contribution >= 0.6 is 0 Å². The molecule has 10 rings (SSSR count). The van der Waals surface area contributed by atoms with Gasteiger partial charge in [-0.3, -0.25) is 0 Å². The predicted molar refractivity (Wildman–Crippen MR) is 151 cm³/mol. The van der Waals surface area contributed by atoms with E-state index in [1.54, 1.807) is 0 Å². The van der Waals surface area contributed by atoms with E-state index in [2.05, 4.69) is 78.9 Å². The van der Waals surface area contributed by atoms with Crippen molar-refractivity contribution in [2.24, 2.45) is 0 Å². The van der Waals surface area contributed by atoms with Crippen LogP contribution < -0.4 is 0 Å². The van der Waals surface area contributed by atoms with Gasteiger partial charge in [0, 0.05) is 17.1 Å². The van der Waals surface area contributed by atoms with Crippen LogP contribution in [-0.2, 0) is 19.3 Å². The van der Waals surface area contributed by atoms with Crippen LogP contribution in [0.25, 0.3) is 65.7 Å². The van der Waals surface area contributed by atoms with Gasteiger partial charge < -0.3 is 0 Å². The molecule has 0 unspecified atom stereocenters. The Morgan fingerprint density at radius 3 is 2.03 bits per heavy atom. The second-order valence-electron chi connectivity index (χ2n) is 10.9. The summed E-state index contributed by atoms with van der Waals surface area (Å²) < 4.78 is 0. The van der Waals surface area contributed by atoms with Crippen LogP contribution in [0.5, 0.6) is 0 Å². The van der Waals surface area contributed by atoms with Gasteiger partial charge >= 0.3 is 0 Å². The molecule has 7 aromatic rings. The van der Waals surface area contributed by atoms with Crippen LogP contribution in [0.2, 0.25) is 0 Å². The molecule has 0 N–H and O–H groups in total. The summed E-state index contributed by atoms with van der Waals surface area (Å²) in [5, 5.41) is 10.1. The van der Waals surface area contributed by atoms with Gasteiger partial charge in [0.25, 0.3) is 0 Å². The quantitative estimate of drug-likeness (QED) is 0.239. The van der Waals surface area contributed by atoms with Crippen LogP contribution in [-0.4, -0.2) is 9.97 Å². The second-order valence-corrected chi connectivity index (χ2v) is 10.9. The Balaban J connectivity index is 1.37. The molecular weight excluding hydrogens is 448 g/mol. The van der Waals surface area contributed by atoms with Crippen LogP contribution in [0.1, 0.15) is 33.4 Å². The highest BCUT2D eigenvalue weighted by Crippen LogP contribution is 2.56. The van der Waals surface area contributed by atoms with Gasteiger partial charge in [-0.05, 0) is 114 Å². The Morgan fingerprint density at radius 2 is 1.14 bits per heavy atom. The van der Waals surface area contributed by atoms with E-state index in [0.717, 1.165) is 36.0 Å². The van der Waals surface area contributed by atoms with Crippen molar-refractivity contribution in [1.29, 1.82) is 0 Å². The summed E-state index contributed by atoms with van der Waals surface area (Å²) >= 11 is 0. The molecule has 3 aliphatic carbocycles. The highest BCUT2D eigenvalue weighted by atomic mass is 14.9. The molecule has 0 bridgehead atoms. The second kappa shape index (κ2) is 6.22. The highest BCUT2D eigenvalue weighted by Gasteiger charge is 2.34. The maximum Gasteiger partial charge on any atom is 0.160 e. The molecule has 37 heavy (non-hydrogen) atoms. The molecule has 0 radical (unpaired) electrons. The van der Waals surface area contributed by atoms with Gasteiger partial charge in [-0.15, -0.1) is 0 Å². The average molecular weight is 469 g/mol. The van der Waals surface area contributed by atoms with Gasteiger partial charge in [-0.25, -0.2) is 9.97 Å². The van der Waals surface area contributed by atoms with E-state index in [9.17, 15) is 0 Å². The van der Waals surface area contributed by atoms with E-state index in [-0.39, 0.29) is 0 Å². The van der Waals surface area contributed by atoms with E-state index in [1.807, 2.05) is 6.20 Å². The lowest BCUT2D eigenvalue weighted by Crippen LogP contribution is -1.96. The van der Waals surface area contributed by atoms with Crippen LogP contribution in [0.15, 0.2) is 85.1 Å². The lowest BCUT2D eigenvalue weighted by Gasteiger charge is -2.13. The Labute approximate surface area is 213 Å². The van der Waals surface area contributed by atoms with E-state index in [1.165, 1.54) is 82.4 Å². The van der Waals surface area contributed by atoms with E-state index >= 15 is 0 Å². The first-order valence-electron chi connectivity index (χ1n) is 13.1. The fraction of sp³-hybridized carbons (Fsp3) is 0.0857. The van der Waals surface area contributed by atoms with E-state index < -0.39 is 0 Å². The molecule has 0 atom stereocenters. The van der Waals surface area contributed by atoms with Crippen LogP contribution in [0, 0.1) is 0 Å². The van der Waals surface area contributed by atoms with Crippen molar-refractivity contribution < 1.29 is 0 Å². The monoisotopic (exact) mass is 468 g/mol. The van der Waals surface area contributed by atoms with Crippen molar-refractivity contribution in [3.63, 3.8) is 0 Å². The van der Waals surface area contributed by atoms with Gasteiger partial charge in [-0.1, -0.05) is 60.7 Å². The Kier molecular flexibility index (Phi) is 3.14. The summed E-state index contributed by atoms with van der Waals surface area (Å²) in [6, 6.07) is 29.0. The number of benzene rings is 6. The zero-order chi connectivity index (χ0) is 23.8. The summed E-state index contributed by atoms with van der Waals surface area (Å²) in [5.41, 5.74) is 13.7. The molecule has 6 aromatic carbocycles. The molecule has 2 heteroatoms. The highest BCUT2D eigenvalue weighted by molar-refractivity contribution is 6.34. The average Bonchev–Trinajstić information content (AvgIpc) is 3.62. The predicted octanol–water partition coefficient (Wildman–Crippen LogP) is 8.14.